The second-order valence-corrected chi connectivity index (χ2v) is 8.30. The molecular formula is C24H21ClN4O3. The molecule has 0 radical (unpaired) electrons. The van der Waals surface area contributed by atoms with Gasteiger partial charge in [0.1, 0.15) is 5.92 Å². The molecule has 1 aliphatic heterocycles. The van der Waals surface area contributed by atoms with Gasteiger partial charge in [0.05, 0.1) is 16.3 Å². The van der Waals surface area contributed by atoms with Crippen LogP contribution in [-0.4, -0.2) is 35.5 Å². The number of carbonyl (C=O) groups is 1. The molecule has 1 atom stereocenters. The molecule has 1 aliphatic rings. The number of anilines is 1. The van der Waals surface area contributed by atoms with Crippen molar-refractivity contribution in [3.63, 3.8) is 0 Å². The molecule has 4 rings (SSSR count). The molecule has 32 heavy (non-hydrogen) atoms. The first-order chi connectivity index (χ1) is 15.3. The van der Waals surface area contributed by atoms with E-state index in [0.717, 1.165) is 12.1 Å². The number of nitrogens with one attached hydrogen (secondary N) is 1. The average molecular weight is 449 g/mol. The van der Waals surface area contributed by atoms with Crippen LogP contribution in [0.25, 0.3) is 0 Å². The number of hydrogen-bond acceptors (Lipinski definition) is 5. The standard InChI is InChI=1S/C24H21ClN4O3/c1-28(2)14-15-3-9-18(10-4-15)26-23(16-5-7-17(25)8-6-16)22-20-13-19(29(31)32)11-12-21(20)27-24(22)30/h3-13,22H,14H2,1-2H3,(H,27,30). The van der Waals surface area contributed by atoms with Gasteiger partial charge in [0.15, 0.2) is 0 Å². The highest BCUT2D eigenvalue weighted by molar-refractivity contribution is 6.31. The predicted octanol–water partition coefficient (Wildman–Crippen LogP) is 5.17. The highest BCUT2D eigenvalue weighted by Crippen LogP contribution is 2.38. The monoisotopic (exact) mass is 448 g/mol. The van der Waals surface area contributed by atoms with Crippen molar-refractivity contribution < 1.29 is 9.72 Å². The van der Waals surface area contributed by atoms with E-state index in [2.05, 4.69) is 10.2 Å². The fourth-order valence-corrected chi connectivity index (χ4v) is 3.86. The molecule has 0 saturated carbocycles. The van der Waals surface area contributed by atoms with Crippen LogP contribution in [-0.2, 0) is 11.3 Å². The lowest BCUT2D eigenvalue weighted by molar-refractivity contribution is -0.384. The molecule has 1 unspecified atom stereocenters. The zero-order chi connectivity index (χ0) is 22.8. The Balaban J connectivity index is 1.82. The van der Waals surface area contributed by atoms with Crippen LogP contribution in [0, 0.1) is 10.1 Å². The number of benzene rings is 3. The lowest BCUT2D eigenvalue weighted by Crippen LogP contribution is -2.22. The molecule has 7 nitrogen and oxygen atoms in total. The highest BCUT2D eigenvalue weighted by atomic mass is 35.5. The van der Waals surface area contributed by atoms with Crippen molar-refractivity contribution in [1.29, 1.82) is 0 Å². The fourth-order valence-electron chi connectivity index (χ4n) is 3.73. The minimum absolute atomic E-state index is 0.0752. The summed E-state index contributed by atoms with van der Waals surface area (Å²) in [6.07, 6.45) is 0. The predicted molar refractivity (Wildman–Crippen MR) is 126 cm³/mol. The molecule has 0 spiro atoms. The number of non-ortho nitro benzene ring substituents is 1. The van der Waals surface area contributed by atoms with Crippen molar-refractivity contribution in [2.45, 2.75) is 12.5 Å². The number of carbonyl (C=O) groups excluding carboxylic acids is 1. The maximum absolute atomic E-state index is 13.0. The van der Waals surface area contributed by atoms with Crippen LogP contribution in [0.5, 0.6) is 0 Å². The lowest BCUT2D eigenvalue weighted by atomic mass is 9.90. The van der Waals surface area contributed by atoms with Crippen LogP contribution in [0.1, 0.15) is 22.6 Å². The highest BCUT2D eigenvalue weighted by Gasteiger charge is 2.36. The summed E-state index contributed by atoms with van der Waals surface area (Å²) in [5, 5.41) is 14.7. The summed E-state index contributed by atoms with van der Waals surface area (Å²) in [6, 6.07) is 19.2. The molecule has 162 valence electrons. The lowest BCUT2D eigenvalue weighted by Gasteiger charge is -2.14. The summed E-state index contributed by atoms with van der Waals surface area (Å²) in [7, 11) is 4.00. The molecule has 0 fully saturated rings. The van der Waals surface area contributed by atoms with E-state index >= 15 is 0 Å². The minimum atomic E-state index is -0.785. The first-order valence-electron chi connectivity index (χ1n) is 9.99. The van der Waals surface area contributed by atoms with Gasteiger partial charge in [-0.3, -0.25) is 19.9 Å². The van der Waals surface area contributed by atoms with Gasteiger partial charge in [-0.2, -0.15) is 0 Å². The summed E-state index contributed by atoms with van der Waals surface area (Å²) in [5.74, 6) is -1.06. The average Bonchev–Trinajstić information content (AvgIpc) is 3.08. The Morgan fingerprint density at radius 2 is 1.78 bits per heavy atom. The number of nitro groups is 1. The number of amides is 1. The number of nitrogens with zero attached hydrogens (tertiary/aromatic N) is 3. The minimum Gasteiger partial charge on any atom is -0.325 e. The Kier molecular flexibility index (Phi) is 6.03. The number of hydrogen-bond donors (Lipinski definition) is 1. The van der Waals surface area contributed by atoms with Gasteiger partial charge in [0, 0.05) is 35.0 Å². The third-order valence-electron chi connectivity index (χ3n) is 5.18. The third-order valence-corrected chi connectivity index (χ3v) is 5.43. The van der Waals surface area contributed by atoms with Gasteiger partial charge in [0.25, 0.3) is 5.69 Å². The number of aliphatic imine (C=N–C) groups is 1. The van der Waals surface area contributed by atoms with Gasteiger partial charge in [-0.15, -0.1) is 0 Å². The van der Waals surface area contributed by atoms with Crippen molar-refractivity contribution >= 4 is 40.3 Å². The number of nitro benzene ring substituents is 1. The molecule has 0 aliphatic carbocycles. The van der Waals surface area contributed by atoms with Crippen LogP contribution in [0.4, 0.5) is 17.1 Å². The SMILES string of the molecule is CN(C)Cc1ccc(N=C(c2ccc(Cl)cc2)C2C(=O)Nc3ccc([N+](=O)[O-])cc32)cc1. The van der Waals surface area contributed by atoms with Crippen LogP contribution >= 0.6 is 11.6 Å². The molecule has 1 N–H and O–H groups in total. The first kappa shape index (κ1) is 21.7. The maximum atomic E-state index is 13.0. The zero-order valence-electron chi connectivity index (χ0n) is 17.6. The van der Waals surface area contributed by atoms with Crippen molar-refractivity contribution in [3.05, 3.63) is 98.6 Å². The first-order valence-corrected chi connectivity index (χ1v) is 10.4. The van der Waals surface area contributed by atoms with Crippen molar-refractivity contribution in [2.24, 2.45) is 4.99 Å². The van der Waals surface area contributed by atoms with Crippen molar-refractivity contribution in [3.8, 4) is 0 Å². The molecule has 1 amide bonds. The van der Waals surface area contributed by atoms with Gasteiger partial charge >= 0.3 is 0 Å². The van der Waals surface area contributed by atoms with Crippen LogP contribution in [0.3, 0.4) is 0 Å². The Morgan fingerprint density at radius 1 is 1.09 bits per heavy atom. The van der Waals surface area contributed by atoms with Crippen LogP contribution < -0.4 is 5.32 Å². The van der Waals surface area contributed by atoms with Gasteiger partial charge < -0.3 is 10.2 Å². The van der Waals surface area contributed by atoms with Crippen molar-refractivity contribution in [2.75, 3.05) is 19.4 Å². The number of fused-ring (bicyclic) bond motifs is 1. The summed E-state index contributed by atoms with van der Waals surface area (Å²) in [4.78, 5) is 30.7. The van der Waals surface area contributed by atoms with E-state index in [0.29, 0.717) is 33.2 Å². The van der Waals surface area contributed by atoms with Gasteiger partial charge in [-0.25, -0.2) is 0 Å². The smallest absolute Gasteiger partial charge is 0.269 e. The number of rotatable bonds is 6. The molecule has 8 heteroatoms. The van der Waals surface area contributed by atoms with E-state index in [9.17, 15) is 14.9 Å². The third kappa shape index (κ3) is 4.54. The Hall–Kier alpha value is -3.55. The largest absolute Gasteiger partial charge is 0.325 e. The molecule has 3 aromatic rings. The summed E-state index contributed by atoms with van der Waals surface area (Å²) in [5.41, 5.74) is 4.04. The summed E-state index contributed by atoms with van der Waals surface area (Å²) >= 11 is 6.06. The molecule has 0 saturated heterocycles. The molecular weight excluding hydrogens is 428 g/mol. The van der Waals surface area contributed by atoms with Crippen LogP contribution in [0.15, 0.2) is 71.7 Å². The van der Waals surface area contributed by atoms with E-state index in [1.165, 1.54) is 12.1 Å². The van der Waals surface area contributed by atoms with Crippen molar-refractivity contribution in [1.82, 2.24) is 4.90 Å². The zero-order valence-corrected chi connectivity index (χ0v) is 18.3. The second kappa shape index (κ2) is 8.90. The normalized spacial score (nSPS) is 15.6. The Bertz CT molecular complexity index is 1200. The maximum Gasteiger partial charge on any atom is 0.269 e. The topological polar surface area (TPSA) is 87.8 Å². The second-order valence-electron chi connectivity index (χ2n) is 7.86. The Labute approximate surface area is 190 Å². The van der Waals surface area contributed by atoms with Gasteiger partial charge in [0.2, 0.25) is 5.91 Å². The van der Waals surface area contributed by atoms with E-state index in [-0.39, 0.29) is 11.6 Å². The van der Waals surface area contributed by atoms with E-state index in [1.54, 1.807) is 30.3 Å². The van der Waals surface area contributed by atoms with E-state index < -0.39 is 10.8 Å². The van der Waals surface area contributed by atoms with Gasteiger partial charge in [-0.1, -0.05) is 35.9 Å². The van der Waals surface area contributed by atoms with E-state index in [1.807, 2.05) is 38.4 Å². The molecule has 0 bridgehead atoms. The molecule has 1 heterocycles. The van der Waals surface area contributed by atoms with Gasteiger partial charge in [-0.05, 0) is 55.6 Å². The van der Waals surface area contributed by atoms with Crippen LogP contribution in [0.2, 0.25) is 5.02 Å². The summed E-state index contributed by atoms with van der Waals surface area (Å²) in [6.45, 7) is 0.802. The Morgan fingerprint density at radius 3 is 2.41 bits per heavy atom. The number of halogens is 1. The summed E-state index contributed by atoms with van der Waals surface area (Å²) < 4.78 is 0. The van der Waals surface area contributed by atoms with E-state index in [4.69, 9.17) is 16.6 Å². The quantitative estimate of drug-likeness (QED) is 0.320. The molecule has 3 aromatic carbocycles. The fraction of sp³-hybridized carbons (Fsp3) is 0.167. The molecule has 0 aromatic heterocycles.